The van der Waals surface area contributed by atoms with E-state index < -0.39 is 0 Å². The highest BCUT2D eigenvalue weighted by Crippen LogP contribution is 2.33. The molecule has 0 radical (unpaired) electrons. The SMILES string of the molecule is Cc1cc2oc(=O)cc(CSc3nnc(-c4ccco4)n3-c3ccccc3)c2cc1C(C)C. The normalized spacial score (nSPS) is 11.5. The smallest absolute Gasteiger partial charge is 0.336 e. The molecule has 2 aromatic carbocycles. The summed E-state index contributed by atoms with van der Waals surface area (Å²) in [7, 11) is 0. The van der Waals surface area contributed by atoms with Crippen LogP contribution in [0.3, 0.4) is 0 Å². The fraction of sp³-hybridized carbons (Fsp3) is 0.192. The minimum Gasteiger partial charge on any atom is -0.461 e. The Morgan fingerprint density at radius 3 is 2.58 bits per heavy atom. The molecule has 0 amide bonds. The van der Waals surface area contributed by atoms with E-state index in [-0.39, 0.29) is 5.63 Å². The monoisotopic (exact) mass is 457 g/mol. The molecule has 3 aromatic heterocycles. The number of benzene rings is 2. The van der Waals surface area contributed by atoms with Crippen LogP contribution in [-0.4, -0.2) is 14.8 Å². The molecule has 0 unspecified atom stereocenters. The Kier molecular flexibility index (Phi) is 5.64. The van der Waals surface area contributed by atoms with Gasteiger partial charge < -0.3 is 8.83 Å². The van der Waals surface area contributed by atoms with Gasteiger partial charge in [-0.1, -0.05) is 43.8 Å². The Morgan fingerprint density at radius 1 is 1.03 bits per heavy atom. The summed E-state index contributed by atoms with van der Waals surface area (Å²) in [5, 5.41) is 10.5. The number of aromatic nitrogens is 3. The summed E-state index contributed by atoms with van der Waals surface area (Å²) in [6.45, 7) is 6.38. The van der Waals surface area contributed by atoms with Gasteiger partial charge in [0.25, 0.3) is 0 Å². The largest absolute Gasteiger partial charge is 0.461 e. The van der Waals surface area contributed by atoms with Crippen LogP contribution in [-0.2, 0) is 5.75 Å². The van der Waals surface area contributed by atoms with Crippen molar-refractivity contribution in [1.82, 2.24) is 14.8 Å². The predicted molar refractivity (Wildman–Crippen MR) is 130 cm³/mol. The second kappa shape index (κ2) is 8.75. The molecule has 0 fully saturated rings. The van der Waals surface area contributed by atoms with Gasteiger partial charge in [0, 0.05) is 22.9 Å². The molecule has 0 atom stereocenters. The molecule has 0 spiro atoms. The molecule has 0 saturated heterocycles. The highest BCUT2D eigenvalue weighted by atomic mass is 32.2. The topological polar surface area (TPSA) is 74.1 Å². The zero-order chi connectivity index (χ0) is 22.9. The highest BCUT2D eigenvalue weighted by molar-refractivity contribution is 7.98. The fourth-order valence-electron chi connectivity index (χ4n) is 4.01. The number of thioether (sulfide) groups is 1. The van der Waals surface area contributed by atoms with Gasteiger partial charge in [-0.05, 0) is 65.9 Å². The molecule has 7 heteroatoms. The zero-order valence-corrected chi connectivity index (χ0v) is 19.4. The second-order valence-electron chi connectivity index (χ2n) is 8.19. The maximum absolute atomic E-state index is 12.3. The fourth-order valence-corrected chi connectivity index (χ4v) is 4.96. The van der Waals surface area contributed by atoms with Crippen LogP contribution in [0.2, 0.25) is 0 Å². The summed E-state index contributed by atoms with van der Waals surface area (Å²) < 4.78 is 13.1. The molecule has 5 rings (SSSR count). The van der Waals surface area contributed by atoms with Crippen LogP contribution in [0, 0.1) is 6.92 Å². The van der Waals surface area contributed by atoms with Gasteiger partial charge in [0.1, 0.15) is 5.58 Å². The average molecular weight is 458 g/mol. The Morgan fingerprint density at radius 2 is 1.85 bits per heavy atom. The van der Waals surface area contributed by atoms with E-state index in [0.29, 0.717) is 34.0 Å². The van der Waals surface area contributed by atoms with Crippen molar-refractivity contribution < 1.29 is 8.83 Å². The van der Waals surface area contributed by atoms with Crippen molar-refractivity contribution in [3.63, 3.8) is 0 Å². The first-order chi connectivity index (χ1) is 16.0. The van der Waals surface area contributed by atoms with Crippen molar-refractivity contribution >= 4 is 22.7 Å². The van der Waals surface area contributed by atoms with Gasteiger partial charge >= 0.3 is 5.63 Å². The third kappa shape index (κ3) is 4.12. The summed E-state index contributed by atoms with van der Waals surface area (Å²) in [4.78, 5) is 12.3. The Hall–Kier alpha value is -3.58. The number of hydrogen-bond donors (Lipinski definition) is 0. The molecule has 0 aliphatic rings. The van der Waals surface area contributed by atoms with Gasteiger partial charge in [0.05, 0.1) is 6.26 Å². The molecule has 3 heterocycles. The standard InChI is InChI=1S/C26H23N3O3S/c1-16(2)20-14-21-18(13-24(30)32-23(21)12-17(20)3)15-33-26-28-27-25(22-10-7-11-31-22)29(26)19-8-5-4-6-9-19/h4-14,16H,15H2,1-3H3. The summed E-state index contributed by atoms with van der Waals surface area (Å²) in [5.74, 6) is 2.19. The maximum atomic E-state index is 12.3. The maximum Gasteiger partial charge on any atom is 0.336 e. The van der Waals surface area contributed by atoms with E-state index in [0.717, 1.165) is 22.2 Å². The van der Waals surface area contributed by atoms with E-state index >= 15 is 0 Å². The lowest BCUT2D eigenvalue weighted by atomic mass is 9.95. The first kappa shape index (κ1) is 21.3. The second-order valence-corrected chi connectivity index (χ2v) is 9.14. The summed E-state index contributed by atoms with van der Waals surface area (Å²) >= 11 is 1.52. The molecule has 5 aromatic rings. The number of para-hydroxylation sites is 1. The highest BCUT2D eigenvalue weighted by Gasteiger charge is 2.19. The number of aryl methyl sites for hydroxylation is 1. The number of furan rings is 1. The minimum absolute atomic E-state index is 0.351. The van der Waals surface area contributed by atoms with Crippen molar-refractivity contribution in [2.75, 3.05) is 0 Å². The lowest BCUT2D eigenvalue weighted by molar-refractivity contribution is 0.559. The van der Waals surface area contributed by atoms with E-state index in [4.69, 9.17) is 8.83 Å². The zero-order valence-electron chi connectivity index (χ0n) is 18.6. The summed E-state index contributed by atoms with van der Waals surface area (Å²) in [6.07, 6.45) is 1.62. The van der Waals surface area contributed by atoms with Gasteiger partial charge in [-0.3, -0.25) is 4.57 Å². The van der Waals surface area contributed by atoms with E-state index in [1.807, 2.05) is 53.1 Å². The molecule has 0 bridgehead atoms. The predicted octanol–water partition coefficient (Wildman–Crippen LogP) is 6.36. The van der Waals surface area contributed by atoms with Gasteiger partial charge in [0.2, 0.25) is 5.82 Å². The number of rotatable bonds is 6. The van der Waals surface area contributed by atoms with Crippen molar-refractivity contribution in [1.29, 1.82) is 0 Å². The lowest BCUT2D eigenvalue weighted by Crippen LogP contribution is -2.03. The molecule has 0 aliphatic carbocycles. The quantitative estimate of drug-likeness (QED) is 0.218. The van der Waals surface area contributed by atoms with E-state index in [2.05, 4.69) is 37.0 Å². The average Bonchev–Trinajstić information content (AvgIpc) is 3.47. The van der Waals surface area contributed by atoms with Crippen LogP contribution in [0.5, 0.6) is 0 Å². The van der Waals surface area contributed by atoms with Crippen LogP contribution in [0.4, 0.5) is 0 Å². The van der Waals surface area contributed by atoms with Crippen LogP contribution < -0.4 is 5.63 Å². The summed E-state index contributed by atoms with van der Waals surface area (Å²) in [5.41, 5.74) is 4.48. The van der Waals surface area contributed by atoms with Crippen molar-refractivity contribution in [2.45, 2.75) is 37.6 Å². The molecule has 0 saturated carbocycles. The van der Waals surface area contributed by atoms with Crippen molar-refractivity contribution in [2.24, 2.45) is 0 Å². The molecular formula is C26H23N3O3S. The Bertz CT molecular complexity index is 1470. The minimum atomic E-state index is -0.351. The van der Waals surface area contributed by atoms with Crippen molar-refractivity contribution in [3.05, 3.63) is 94.0 Å². The molecule has 6 nitrogen and oxygen atoms in total. The van der Waals surface area contributed by atoms with Gasteiger partial charge in [0.15, 0.2) is 10.9 Å². The van der Waals surface area contributed by atoms with E-state index in [1.54, 1.807) is 12.3 Å². The van der Waals surface area contributed by atoms with Crippen LogP contribution in [0.1, 0.15) is 36.5 Å². The van der Waals surface area contributed by atoms with Crippen molar-refractivity contribution in [3.8, 4) is 17.3 Å². The third-order valence-corrected chi connectivity index (χ3v) is 6.56. The third-order valence-electron chi connectivity index (χ3n) is 5.58. The van der Waals surface area contributed by atoms with Gasteiger partial charge in [-0.15, -0.1) is 10.2 Å². The van der Waals surface area contributed by atoms with E-state index in [9.17, 15) is 4.79 Å². The Balaban J connectivity index is 1.57. The lowest BCUT2D eigenvalue weighted by Gasteiger charge is -2.13. The number of nitrogens with zero attached hydrogens (tertiary/aromatic N) is 3. The molecule has 0 aliphatic heterocycles. The van der Waals surface area contributed by atoms with E-state index in [1.165, 1.54) is 17.3 Å². The van der Waals surface area contributed by atoms with Gasteiger partial charge in [-0.25, -0.2) is 4.79 Å². The van der Waals surface area contributed by atoms with Crippen LogP contribution in [0.15, 0.2) is 85.7 Å². The van der Waals surface area contributed by atoms with Gasteiger partial charge in [-0.2, -0.15) is 0 Å². The number of fused-ring (bicyclic) bond motifs is 1. The Labute approximate surface area is 195 Å². The molecule has 0 N–H and O–H groups in total. The van der Waals surface area contributed by atoms with Crippen LogP contribution >= 0.6 is 11.8 Å². The molecular weight excluding hydrogens is 434 g/mol. The number of hydrogen-bond acceptors (Lipinski definition) is 6. The summed E-state index contributed by atoms with van der Waals surface area (Å²) in [6, 6.07) is 19.3. The first-order valence-corrected chi connectivity index (χ1v) is 11.7. The van der Waals surface area contributed by atoms with Crippen LogP contribution in [0.25, 0.3) is 28.2 Å². The molecule has 166 valence electrons. The first-order valence-electron chi connectivity index (χ1n) is 10.8. The molecule has 33 heavy (non-hydrogen) atoms.